The average Bonchev–Trinajstić information content (AvgIpc) is 2.62. The highest BCUT2D eigenvalue weighted by atomic mass is 35.5. The molecule has 0 aliphatic carbocycles. The molecule has 5 nitrogen and oxygen atoms in total. The summed E-state index contributed by atoms with van der Waals surface area (Å²) < 4.78 is 10.8. The van der Waals surface area contributed by atoms with E-state index in [1.165, 1.54) is 7.11 Å². The van der Waals surface area contributed by atoms with Gasteiger partial charge in [0.25, 0.3) is 5.91 Å². The molecule has 2 aromatic rings. The van der Waals surface area contributed by atoms with Crippen LogP contribution in [0.15, 0.2) is 42.5 Å². The van der Waals surface area contributed by atoms with Crippen molar-refractivity contribution in [2.24, 2.45) is 0 Å². The number of carbonyl (C=O) groups excluding carboxylic acids is 1. The maximum absolute atomic E-state index is 12.2. The normalized spacial score (nSPS) is 9.85. The van der Waals surface area contributed by atoms with Gasteiger partial charge in [0.2, 0.25) is 0 Å². The molecule has 7 heteroatoms. The molecule has 0 aliphatic heterocycles. The van der Waals surface area contributed by atoms with Crippen LogP contribution >= 0.6 is 24.0 Å². The molecule has 0 bridgehead atoms. The lowest BCUT2D eigenvalue weighted by Gasteiger charge is -2.21. The number of ether oxygens (including phenoxy) is 2. The van der Waals surface area contributed by atoms with E-state index in [1.54, 1.807) is 18.2 Å². The molecule has 1 amide bonds. The van der Waals surface area contributed by atoms with Crippen molar-refractivity contribution in [3.05, 3.63) is 47.5 Å². The van der Waals surface area contributed by atoms with E-state index in [4.69, 9.17) is 21.1 Å². The predicted octanol–water partition coefficient (Wildman–Crippen LogP) is 4.63. The van der Waals surface area contributed by atoms with Crippen molar-refractivity contribution in [1.29, 1.82) is 0 Å². The van der Waals surface area contributed by atoms with Gasteiger partial charge in [-0.15, -0.1) is 12.4 Å². The van der Waals surface area contributed by atoms with Crippen molar-refractivity contribution < 1.29 is 14.3 Å². The van der Waals surface area contributed by atoms with Gasteiger partial charge in [-0.25, -0.2) is 0 Å². The molecule has 0 unspecified atom stereocenters. The Bertz CT molecular complexity index is 722. The van der Waals surface area contributed by atoms with Crippen LogP contribution in [0.2, 0.25) is 5.02 Å². The SMILES string of the molecule is CCN(CC)c1cccc(OCC(=O)Nc2cc(Cl)ccc2OC)c1.Cl. The number of hydrogen-bond acceptors (Lipinski definition) is 4. The summed E-state index contributed by atoms with van der Waals surface area (Å²) in [5, 5.41) is 3.27. The third-order valence-corrected chi connectivity index (χ3v) is 3.99. The highest BCUT2D eigenvalue weighted by Crippen LogP contribution is 2.27. The van der Waals surface area contributed by atoms with E-state index >= 15 is 0 Å². The minimum atomic E-state index is -0.284. The lowest BCUT2D eigenvalue weighted by molar-refractivity contribution is -0.118. The summed E-state index contributed by atoms with van der Waals surface area (Å²) in [6.45, 7) is 5.92. The van der Waals surface area contributed by atoms with Gasteiger partial charge < -0.3 is 19.7 Å². The standard InChI is InChI=1S/C19H23ClN2O3.ClH/c1-4-22(5-2)15-7-6-8-16(12-15)25-13-19(23)21-17-11-14(20)9-10-18(17)24-3;/h6-12H,4-5,13H2,1-3H3,(H,21,23);1H. The summed E-state index contributed by atoms with van der Waals surface area (Å²) in [6, 6.07) is 12.7. The van der Waals surface area contributed by atoms with Gasteiger partial charge in [0.1, 0.15) is 11.5 Å². The molecule has 142 valence electrons. The first-order valence-corrected chi connectivity index (χ1v) is 8.56. The van der Waals surface area contributed by atoms with E-state index < -0.39 is 0 Å². The van der Waals surface area contributed by atoms with Gasteiger partial charge >= 0.3 is 0 Å². The summed E-state index contributed by atoms with van der Waals surface area (Å²) in [7, 11) is 1.54. The van der Waals surface area contributed by atoms with Crippen LogP contribution < -0.4 is 19.7 Å². The number of amides is 1. The number of nitrogens with zero attached hydrogens (tertiary/aromatic N) is 1. The molecular formula is C19H24Cl2N2O3. The molecule has 0 aromatic heterocycles. The maximum Gasteiger partial charge on any atom is 0.262 e. The first-order valence-electron chi connectivity index (χ1n) is 8.18. The van der Waals surface area contributed by atoms with Crippen molar-refractivity contribution in [2.75, 3.05) is 37.0 Å². The summed E-state index contributed by atoms with van der Waals surface area (Å²) in [4.78, 5) is 14.4. The van der Waals surface area contributed by atoms with Gasteiger partial charge in [-0.2, -0.15) is 0 Å². The van der Waals surface area contributed by atoms with Crippen molar-refractivity contribution in [2.45, 2.75) is 13.8 Å². The van der Waals surface area contributed by atoms with Crippen LogP contribution in [0, 0.1) is 0 Å². The number of hydrogen-bond donors (Lipinski definition) is 1. The number of methoxy groups -OCH3 is 1. The fourth-order valence-electron chi connectivity index (χ4n) is 2.47. The van der Waals surface area contributed by atoms with Crippen molar-refractivity contribution in [3.63, 3.8) is 0 Å². The van der Waals surface area contributed by atoms with E-state index in [0.717, 1.165) is 18.8 Å². The van der Waals surface area contributed by atoms with E-state index in [-0.39, 0.29) is 24.9 Å². The van der Waals surface area contributed by atoms with Gasteiger partial charge in [-0.3, -0.25) is 4.79 Å². The maximum atomic E-state index is 12.2. The van der Waals surface area contributed by atoms with Crippen LogP contribution in [0.5, 0.6) is 11.5 Å². The number of benzene rings is 2. The number of carbonyl (C=O) groups is 1. The van der Waals surface area contributed by atoms with Crippen LogP contribution in [0.1, 0.15) is 13.8 Å². The molecule has 0 heterocycles. The van der Waals surface area contributed by atoms with Gasteiger partial charge in [-0.1, -0.05) is 17.7 Å². The Morgan fingerprint density at radius 1 is 1.15 bits per heavy atom. The molecule has 0 aliphatic rings. The van der Waals surface area contributed by atoms with Crippen molar-refractivity contribution in [1.82, 2.24) is 0 Å². The van der Waals surface area contributed by atoms with Gasteiger partial charge in [0.15, 0.2) is 6.61 Å². The summed E-state index contributed by atoms with van der Waals surface area (Å²) in [5.74, 6) is 0.910. The number of rotatable bonds is 8. The van der Waals surface area contributed by atoms with Crippen LogP contribution in [0.25, 0.3) is 0 Å². The Balaban J connectivity index is 0.00000338. The highest BCUT2D eigenvalue weighted by Gasteiger charge is 2.10. The van der Waals surface area contributed by atoms with Gasteiger partial charge in [0.05, 0.1) is 12.8 Å². The summed E-state index contributed by atoms with van der Waals surface area (Å²) >= 11 is 5.96. The quantitative estimate of drug-likeness (QED) is 0.703. The molecule has 1 N–H and O–H groups in total. The molecule has 2 aromatic carbocycles. The molecular weight excluding hydrogens is 375 g/mol. The molecule has 0 saturated carbocycles. The number of halogens is 2. The van der Waals surface area contributed by atoms with E-state index in [9.17, 15) is 4.79 Å². The monoisotopic (exact) mass is 398 g/mol. The van der Waals surface area contributed by atoms with E-state index in [0.29, 0.717) is 22.2 Å². The zero-order valence-corrected chi connectivity index (χ0v) is 16.7. The summed E-state index contributed by atoms with van der Waals surface area (Å²) in [6.07, 6.45) is 0. The lowest BCUT2D eigenvalue weighted by Crippen LogP contribution is -2.22. The minimum absolute atomic E-state index is 0. The van der Waals surface area contributed by atoms with Crippen molar-refractivity contribution in [3.8, 4) is 11.5 Å². The number of nitrogens with one attached hydrogen (secondary N) is 1. The Morgan fingerprint density at radius 3 is 2.54 bits per heavy atom. The van der Waals surface area contributed by atoms with Crippen LogP contribution in [-0.4, -0.2) is 32.7 Å². The Kier molecular flexibility index (Phi) is 9.10. The molecule has 26 heavy (non-hydrogen) atoms. The third kappa shape index (κ3) is 6.00. The van der Waals surface area contributed by atoms with E-state index in [2.05, 4.69) is 24.1 Å². The summed E-state index contributed by atoms with van der Waals surface area (Å²) in [5.41, 5.74) is 1.58. The second kappa shape index (κ2) is 10.8. The van der Waals surface area contributed by atoms with Crippen LogP contribution in [0.3, 0.4) is 0 Å². The zero-order valence-electron chi connectivity index (χ0n) is 15.1. The average molecular weight is 399 g/mol. The molecule has 0 fully saturated rings. The second-order valence-electron chi connectivity index (χ2n) is 5.35. The fourth-order valence-corrected chi connectivity index (χ4v) is 2.64. The topological polar surface area (TPSA) is 50.8 Å². The number of anilines is 2. The molecule has 0 spiro atoms. The van der Waals surface area contributed by atoms with Crippen molar-refractivity contribution >= 4 is 41.3 Å². The first-order chi connectivity index (χ1) is 12.1. The fraction of sp³-hybridized carbons (Fsp3) is 0.316. The first kappa shape index (κ1) is 21.9. The smallest absolute Gasteiger partial charge is 0.262 e. The Hall–Kier alpha value is -2.11. The largest absolute Gasteiger partial charge is 0.495 e. The molecule has 0 atom stereocenters. The Labute approximate surface area is 165 Å². The minimum Gasteiger partial charge on any atom is -0.495 e. The molecule has 0 radical (unpaired) electrons. The third-order valence-electron chi connectivity index (χ3n) is 3.75. The zero-order chi connectivity index (χ0) is 18.2. The lowest BCUT2D eigenvalue weighted by atomic mass is 10.2. The van der Waals surface area contributed by atoms with Gasteiger partial charge in [-0.05, 0) is 44.2 Å². The second-order valence-corrected chi connectivity index (χ2v) is 5.79. The van der Waals surface area contributed by atoms with E-state index in [1.807, 2.05) is 24.3 Å². The highest BCUT2D eigenvalue weighted by molar-refractivity contribution is 6.31. The Morgan fingerprint density at radius 2 is 1.88 bits per heavy atom. The molecule has 2 rings (SSSR count). The van der Waals surface area contributed by atoms with Crippen LogP contribution in [0.4, 0.5) is 11.4 Å². The van der Waals surface area contributed by atoms with Crippen LogP contribution in [-0.2, 0) is 4.79 Å². The predicted molar refractivity (Wildman–Crippen MR) is 109 cm³/mol. The van der Waals surface area contributed by atoms with Gasteiger partial charge in [0, 0.05) is 29.9 Å². The molecule has 0 saturated heterocycles.